The molecule has 0 aliphatic heterocycles. The van der Waals surface area contributed by atoms with Gasteiger partial charge in [-0.15, -0.1) is 10.2 Å². The van der Waals surface area contributed by atoms with E-state index in [1.54, 1.807) is 19.9 Å². The van der Waals surface area contributed by atoms with Crippen LogP contribution < -0.4 is 0 Å². The number of rotatable bonds is 5. The van der Waals surface area contributed by atoms with E-state index in [0.29, 0.717) is 5.56 Å². The fourth-order valence-corrected chi connectivity index (χ4v) is 2.33. The third kappa shape index (κ3) is 3.92. The molecule has 0 aliphatic carbocycles. The van der Waals surface area contributed by atoms with Crippen LogP contribution in [0.25, 0.3) is 11.5 Å². The number of non-ortho nitro benzene ring substituents is 1. The van der Waals surface area contributed by atoms with Gasteiger partial charge in [-0.2, -0.15) is 0 Å². The van der Waals surface area contributed by atoms with Crippen molar-refractivity contribution in [3.63, 3.8) is 0 Å². The molecule has 2 aromatic carbocycles. The lowest BCUT2D eigenvalue weighted by Gasteiger charge is -2.10. The van der Waals surface area contributed by atoms with Crippen LogP contribution >= 0.6 is 0 Å². The highest BCUT2D eigenvalue weighted by molar-refractivity contribution is 5.92. The van der Waals surface area contributed by atoms with Gasteiger partial charge in [0.2, 0.25) is 5.89 Å². The van der Waals surface area contributed by atoms with Crippen molar-refractivity contribution < 1.29 is 24.0 Å². The molecule has 3 rings (SSSR count). The van der Waals surface area contributed by atoms with E-state index in [1.807, 2.05) is 0 Å². The number of carbonyl (C=O) groups excluding carboxylic acids is 1. The number of benzene rings is 2. The van der Waals surface area contributed by atoms with E-state index in [2.05, 4.69) is 10.2 Å². The number of hydrogen-bond acceptors (Lipinski definition) is 8. The molecule has 0 saturated carbocycles. The molecule has 3 aromatic rings. The molecule has 0 spiro atoms. The summed E-state index contributed by atoms with van der Waals surface area (Å²) in [6, 6.07) is 10.2. The number of ether oxygens (including phenoxy) is 1. The molecule has 138 valence electrons. The van der Waals surface area contributed by atoms with Crippen LogP contribution in [0.15, 0.2) is 46.9 Å². The van der Waals surface area contributed by atoms with Crippen LogP contribution in [0.3, 0.4) is 0 Å². The Morgan fingerprint density at radius 1 is 1.22 bits per heavy atom. The number of esters is 1. The second-order valence-electron chi connectivity index (χ2n) is 5.82. The molecule has 0 fully saturated rings. The minimum absolute atomic E-state index is 0.0388. The number of aromatic hydroxyl groups is 1. The van der Waals surface area contributed by atoms with Crippen molar-refractivity contribution in [2.24, 2.45) is 0 Å². The van der Waals surface area contributed by atoms with Crippen LogP contribution in [0.5, 0.6) is 5.75 Å². The van der Waals surface area contributed by atoms with Crippen LogP contribution in [0.1, 0.15) is 34.8 Å². The first-order chi connectivity index (χ1) is 12.8. The third-order valence-electron chi connectivity index (χ3n) is 3.77. The molecule has 0 saturated heterocycles. The Bertz CT molecular complexity index is 997. The van der Waals surface area contributed by atoms with Crippen molar-refractivity contribution in [2.75, 3.05) is 0 Å². The maximum absolute atomic E-state index is 12.2. The summed E-state index contributed by atoms with van der Waals surface area (Å²) in [6.45, 7) is 3.34. The highest BCUT2D eigenvalue weighted by Gasteiger charge is 2.22. The molecule has 1 atom stereocenters. The van der Waals surface area contributed by atoms with Gasteiger partial charge in [-0.05, 0) is 38.1 Å². The number of nitro benzene ring substituents is 1. The molecule has 9 nitrogen and oxygen atoms in total. The number of nitrogens with zero attached hydrogens (tertiary/aromatic N) is 3. The molecule has 0 aliphatic rings. The normalized spacial score (nSPS) is 11.8. The van der Waals surface area contributed by atoms with Gasteiger partial charge in [-0.3, -0.25) is 10.1 Å². The summed E-state index contributed by atoms with van der Waals surface area (Å²) in [5.74, 6) is -0.710. The van der Waals surface area contributed by atoms with E-state index in [9.17, 15) is 20.0 Å². The molecular formula is C18H15N3O6. The first kappa shape index (κ1) is 18.1. The molecular weight excluding hydrogens is 354 g/mol. The minimum atomic E-state index is -0.850. The lowest BCUT2D eigenvalue weighted by atomic mass is 10.1. The van der Waals surface area contributed by atoms with Crippen molar-refractivity contribution in [1.29, 1.82) is 0 Å². The maximum atomic E-state index is 12.2. The van der Waals surface area contributed by atoms with Crippen LogP contribution in [0, 0.1) is 17.0 Å². The largest absolute Gasteiger partial charge is 0.507 e. The van der Waals surface area contributed by atoms with Gasteiger partial charge >= 0.3 is 5.97 Å². The number of phenolic OH excluding ortho intramolecular Hbond substituents is 1. The van der Waals surface area contributed by atoms with Crippen molar-refractivity contribution in [1.82, 2.24) is 10.2 Å². The van der Waals surface area contributed by atoms with E-state index in [-0.39, 0.29) is 28.8 Å². The molecule has 0 amide bonds. The van der Waals surface area contributed by atoms with Crippen LogP contribution in [-0.4, -0.2) is 26.2 Å². The summed E-state index contributed by atoms with van der Waals surface area (Å²) in [7, 11) is 0. The van der Waals surface area contributed by atoms with Crippen molar-refractivity contribution in [3.8, 4) is 17.2 Å². The van der Waals surface area contributed by atoms with Crippen LogP contribution in [-0.2, 0) is 4.74 Å². The summed E-state index contributed by atoms with van der Waals surface area (Å²) < 4.78 is 10.8. The molecule has 0 radical (unpaired) electrons. The van der Waals surface area contributed by atoms with Gasteiger partial charge in [0.25, 0.3) is 11.6 Å². The molecule has 9 heteroatoms. The quantitative estimate of drug-likeness (QED) is 0.410. The van der Waals surface area contributed by atoms with E-state index in [4.69, 9.17) is 9.15 Å². The van der Waals surface area contributed by atoms with Gasteiger partial charge in [0.15, 0.2) is 6.10 Å². The van der Waals surface area contributed by atoms with Gasteiger partial charge < -0.3 is 14.3 Å². The monoisotopic (exact) mass is 369 g/mol. The Hall–Kier alpha value is -3.75. The zero-order chi connectivity index (χ0) is 19.6. The number of aryl methyl sites for hydroxylation is 1. The SMILES string of the molecule is Cc1ccc(O)c(C(=O)O[C@@H](C)c2nnc(-c3ccc([N+](=O)[O-])cc3)o2)c1. The summed E-state index contributed by atoms with van der Waals surface area (Å²) in [4.78, 5) is 22.4. The van der Waals surface area contributed by atoms with E-state index >= 15 is 0 Å². The third-order valence-corrected chi connectivity index (χ3v) is 3.77. The number of aromatic nitrogens is 2. The lowest BCUT2D eigenvalue weighted by Crippen LogP contribution is -2.10. The molecule has 0 unspecified atom stereocenters. The number of phenols is 1. The first-order valence-corrected chi connectivity index (χ1v) is 7.94. The van der Waals surface area contributed by atoms with Gasteiger partial charge in [0.1, 0.15) is 11.3 Å². The molecule has 1 aromatic heterocycles. The highest BCUT2D eigenvalue weighted by Crippen LogP contribution is 2.26. The Labute approximate surface area is 153 Å². The Balaban J connectivity index is 1.74. The summed E-state index contributed by atoms with van der Waals surface area (Å²) in [6.07, 6.45) is -0.850. The second kappa shape index (κ2) is 7.24. The number of nitro groups is 1. The number of hydrogen-bond donors (Lipinski definition) is 1. The Kier molecular flexibility index (Phi) is 4.84. The Morgan fingerprint density at radius 3 is 2.59 bits per heavy atom. The second-order valence-corrected chi connectivity index (χ2v) is 5.82. The first-order valence-electron chi connectivity index (χ1n) is 7.94. The predicted octanol–water partition coefficient (Wildman–Crippen LogP) is 3.58. The van der Waals surface area contributed by atoms with Crippen molar-refractivity contribution >= 4 is 11.7 Å². The minimum Gasteiger partial charge on any atom is -0.507 e. The zero-order valence-corrected chi connectivity index (χ0v) is 14.4. The van der Waals surface area contributed by atoms with E-state index in [0.717, 1.165) is 5.56 Å². The summed E-state index contributed by atoms with van der Waals surface area (Å²) in [5, 5.41) is 28.2. The number of carbonyl (C=O) groups is 1. The smallest absolute Gasteiger partial charge is 0.342 e. The Morgan fingerprint density at radius 2 is 1.93 bits per heavy atom. The predicted molar refractivity (Wildman–Crippen MR) is 93.1 cm³/mol. The fraction of sp³-hybridized carbons (Fsp3) is 0.167. The van der Waals surface area contributed by atoms with Gasteiger partial charge in [0.05, 0.1) is 4.92 Å². The molecule has 0 bridgehead atoms. The highest BCUT2D eigenvalue weighted by atomic mass is 16.6. The molecule has 1 heterocycles. The van der Waals surface area contributed by atoms with Crippen molar-refractivity contribution in [3.05, 3.63) is 69.6 Å². The fourth-order valence-electron chi connectivity index (χ4n) is 2.33. The molecule has 27 heavy (non-hydrogen) atoms. The average Bonchev–Trinajstić information content (AvgIpc) is 3.14. The van der Waals surface area contributed by atoms with Gasteiger partial charge in [0, 0.05) is 17.7 Å². The lowest BCUT2D eigenvalue weighted by molar-refractivity contribution is -0.384. The van der Waals surface area contributed by atoms with E-state index < -0.39 is 17.0 Å². The van der Waals surface area contributed by atoms with Crippen molar-refractivity contribution in [2.45, 2.75) is 20.0 Å². The van der Waals surface area contributed by atoms with Gasteiger partial charge in [-0.1, -0.05) is 11.6 Å². The van der Waals surface area contributed by atoms with Crippen LogP contribution in [0.2, 0.25) is 0 Å². The average molecular weight is 369 g/mol. The topological polar surface area (TPSA) is 129 Å². The molecule has 1 N–H and O–H groups in total. The van der Waals surface area contributed by atoms with Gasteiger partial charge in [-0.25, -0.2) is 4.79 Å². The maximum Gasteiger partial charge on any atom is 0.342 e. The zero-order valence-electron chi connectivity index (χ0n) is 14.4. The van der Waals surface area contributed by atoms with E-state index in [1.165, 1.54) is 36.4 Å². The summed E-state index contributed by atoms with van der Waals surface area (Å²) >= 11 is 0. The standard InChI is InChI=1S/C18H15N3O6/c1-10-3-8-15(22)14(9-10)18(23)26-11(2)16-19-20-17(27-16)12-4-6-13(7-5-12)21(24)25/h3-9,11,22H,1-2H3/t11-/m0/s1. The van der Waals surface area contributed by atoms with Crippen LogP contribution in [0.4, 0.5) is 5.69 Å². The summed E-state index contributed by atoms with van der Waals surface area (Å²) in [5.41, 5.74) is 1.27.